The summed E-state index contributed by atoms with van der Waals surface area (Å²) in [6, 6.07) is 5.47. The van der Waals surface area contributed by atoms with Crippen LogP contribution in [0.15, 0.2) is 27.2 Å². The minimum absolute atomic E-state index is 0.0249. The molecule has 4 nitrogen and oxygen atoms in total. The normalized spacial score (nSPS) is 10.3. The number of methoxy groups -OCH3 is 1. The van der Waals surface area contributed by atoms with Crippen molar-refractivity contribution in [2.24, 2.45) is 0 Å². The van der Waals surface area contributed by atoms with Gasteiger partial charge in [-0.25, -0.2) is 0 Å². The molecule has 1 aromatic carbocycles. The van der Waals surface area contributed by atoms with Crippen molar-refractivity contribution in [1.29, 1.82) is 0 Å². The molecule has 0 saturated carbocycles. The third-order valence-corrected chi connectivity index (χ3v) is 2.58. The van der Waals surface area contributed by atoms with E-state index in [1.165, 1.54) is 0 Å². The summed E-state index contributed by atoms with van der Waals surface area (Å²) in [6.07, 6.45) is 0. The van der Waals surface area contributed by atoms with E-state index in [2.05, 4.69) is 30.6 Å². The molecule has 0 N–H and O–H groups in total. The van der Waals surface area contributed by atoms with Crippen LogP contribution in [0.1, 0.15) is 0 Å². The summed E-state index contributed by atoms with van der Waals surface area (Å²) < 4.78 is 10.6. The van der Waals surface area contributed by atoms with E-state index in [1.54, 1.807) is 7.11 Å². The zero-order chi connectivity index (χ0) is 10.8. The van der Waals surface area contributed by atoms with Crippen molar-refractivity contribution in [3.8, 4) is 17.1 Å². The van der Waals surface area contributed by atoms with Gasteiger partial charge in [0.15, 0.2) is 0 Å². The van der Waals surface area contributed by atoms with E-state index in [4.69, 9.17) is 16.3 Å². The summed E-state index contributed by atoms with van der Waals surface area (Å²) in [7, 11) is 1.60. The lowest BCUT2D eigenvalue weighted by molar-refractivity contribution is 0.412. The van der Waals surface area contributed by atoms with Crippen molar-refractivity contribution in [3.63, 3.8) is 0 Å². The predicted molar refractivity (Wildman–Crippen MR) is 59.0 cm³/mol. The zero-order valence-corrected chi connectivity index (χ0v) is 10.0. The van der Waals surface area contributed by atoms with E-state index in [0.29, 0.717) is 5.82 Å². The SMILES string of the molecule is COc1ccc(-c2noc(Cl)n2)cc1Br. The first-order chi connectivity index (χ1) is 7.20. The van der Waals surface area contributed by atoms with Crippen LogP contribution >= 0.6 is 27.5 Å². The number of hydrogen-bond acceptors (Lipinski definition) is 4. The molecular weight excluding hydrogens is 283 g/mol. The van der Waals surface area contributed by atoms with Gasteiger partial charge in [0.05, 0.1) is 11.6 Å². The van der Waals surface area contributed by atoms with Gasteiger partial charge in [0, 0.05) is 5.56 Å². The standard InChI is InChI=1S/C9H6BrClN2O2/c1-14-7-3-2-5(4-6(7)10)8-12-9(11)15-13-8/h2-4H,1H3. The molecule has 0 saturated heterocycles. The van der Waals surface area contributed by atoms with E-state index in [-0.39, 0.29) is 5.35 Å². The van der Waals surface area contributed by atoms with E-state index < -0.39 is 0 Å². The van der Waals surface area contributed by atoms with Gasteiger partial charge in [-0.15, -0.1) is 0 Å². The molecule has 0 aliphatic carbocycles. The quantitative estimate of drug-likeness (QED) is 0.852. The molecule has 0 aliphatic rings. The van der Waals surface area contributed by atoms with Crippen LogP contribution < -0.4 is 4.74 Å². The van der Waals surface area contributed by atoms with E-state index >= 15 is 0 Å². The lowest BCUT2D eigenvalue weighted by Crippen LogP contribution is -1.86. The fraction of sp³-hybridized carbons (Fsp3) is 0.111. The molecule has 0 radical (unpaired) electrons. The number of nitrogens with zero attached hydrogens (tertiary/aromatic N) is 2. The van der Waals surface area contributed by atoms with Crippen LogP contribution in [0.5, 0.6) is 5.75 Å². The van der Waals surface area contributed by atoms with Gasteiger partial charge in [-0.2, -0.15) is 4.98 Å². The zero-order valence-electron chi connectivity index (χ0n) is 7.70. The van der Waals surface area contributed by atoms with Crippen molar-refractivity contribution in [2.45, 2.75) is 0 Å². The highest BCUT2D eigenvalue weighted by molar-refractivity contribution is 9.10. The van der Waals surface area contributed by atoms with Gasteiger partial charge in [-0.1, -0.05) is 5.16 Å². The number of benzene rings is 1. The van der Waals surface area contributed by atoms with Crippen LogP contribution in [0.3, 0.4) is 0 Å². The Kier molecular flexibility index (Phi) is 2.93. The minimum Gasteiger partial charge on any atom is -0.496 e. The molecule has 2 aromatic rings. The number of halogens is 2. The Hall–Kier alpha value is -1.07. The smallest absolute Gasteiger partial charge is 0.320 e. The highest BCUT2D eigenvalue weighted by atomic mass is 79.9. The number of ether oxygens (including phenoxy) is 1. The third kappa shape index (κ3) is 2.13. The van der Waals surface area contributed by atoms with Gasteiger partial charge in [-0.3, -0.25) is 0 Å². The molecule has 78 valence electrons. The fourth-order valence-electron chi connectivity index (χ4n) is 1.13. The largest absolute Gasteiger partial charge is 0.496 e. The molecule has 2 rings (SSSR count). The maximum Gasteiger partial charge on any atom is 0.320 e. The summed E-state index contributed by atoms with van der Waals surface area (Å²) in [6.45, 7) is 0. The lowest BCUT2D eigenvalue weighted by Gasteiger charge is -2.03. The van der Waals surface area contributed by atoms with Crippen molar-refractivity contribution in [3.05, 3.63) is 28.0 Å². The van der Waals surface area contributed by atoms with E-state index in [0.717, 1.165) is 15.8 Å². The Morgan fingerprint density at radius 1 is 1.47 bits per heavy atom. The summed E-state index contributed by atoms with van der Waals surface area (Å²) in [5.41, 5.74) is 0.804. The van der Waals surface area contributed by atoms with E-state index in [1.807, 2.05) is 18.2 Å². The predicted octanol–water partition coefficient (Wildman–Crippen LogP) is 3.16. The van der Waals surface area contributed by atoms with Crippen LogP contribution in [0, 0.1) is 0 Å². The average molecular weight is 290 g/mol. The van der Waals surface area contributed by atoms with Crippen LogP contribution in [0.4, 0.5) is 0 Å². The Morgan fingerprint density at radius 3 is 2.80 bits per heavy atom. The lowest BCUT2D eigenvalue weighted by atomic mass is 10.2. The Labute approximate surface area is 99.3 Å². The second-order valence-electron chi connectivity index (χ2n) is 2.72. The van der Waals surface area contributed by atoms with Crippen LogP contribution in [-0.4, -0.2) is 17.3 Å². The summed E-state index contributed by atoms with van der Waals surface area (Å²) in [5, 5.41) is 3.73. The molecular formula is C9H6BrClN2O2. The molecule has 15 heavy (non-hydrogen) atoms. The van der Waals surface area contributed by atoms with Crippen LogP contribution in [0.25, 0.3) is 11.4 Å². The number of hydrogen-bond donors (Lipinski definition) is 0. The second kappa shape index (κ2) is 4.20. The van der Waals surface area contributed by atoms with Gasteiger partial charge in [0.1, 0.15) is 5.75 Å². The first-order valence-electron chi connectivity index (χ1n) is 4.04. The number of rotatable bonds is 2. The molecule has 6 heteroatoms. The first kappa shape index (κ1) is 10.4. The van der Waals surface area contributed by atoms with Gasteiger partial charge in [0.25, 0.3) is 0 Å². The van der Waals surface area contributed by atoms with Gasteiger partial charge >= 0.3 is 5.35 Å². The third-order valence-electron chi connectivity index (χ3n) is 1.81. The van der Waals surface area contributed by atoms with Crippen LogP contribution in [0.2, 0.25) is 5.35 Å². The highest BCUT2D eigenvalue weighted by Crippen LogP contribution is 2.29. The highest BCUT2D eigenvalue weighted by Gasteiger charge is 2.08. The average Bonchev–Trinajstić information content (AvgIpc) is 2.65. The molecule has 1 heterocycles. The molecule has 0 bridgehead atoms. The summed E-state index contributed by atoms with van der Waals surface area (Å²) in [4.78, 5) is 3.90. The monoisotopic (exact) mass is 288 g/mol. The molecule has 0 fully saturated rings. The molecule has 1 aromatic heterocycles. The molecule has 0 amide bonds. The second-order valence-corrected chi connectivity index (χ2v) is 3.90. The molecule has 0 unspecified atom stereocenters. The van der Waals surface area contributed by atoms with Crippen LogP contribution in [-0.2, 0) is 0 Å². The Bertz CT molecular complexity index is 487. The van der Waals surface area contributed by atoms with Crippen molar-refractivity contribution >= 4 is 27.5 Å². The van der Waals surface area contributed by atoms with Gasteiger partial charge < -0.3 is 9.26 Å². The van der Waals surface area contributed by atoms with Gasteiger partial charge in [-0.05, 0) is 45.7 Å². The number of aromatic nitrogens is 2. The molecule has 0 spiro atoms. The minimum atomic E-state index is 0.0249. The van der Waals surface area contributed by atoms with Crippen molar-refractivity contribution in [2.75, 3.05) is 7.11 Å². The maximum atomic E-state index is 5.53. The Morgan fingerprint density at radius 2 is 2.27 bits per heavy atom. The molecule has 0 atom stereocenters. The molecule has 0 aliphatic heterocycles. The van der Waals surface area contributed by atoms with Crippen molar-refractivity contribution < 1.29 is 9.26 Å². The first-order valence-corrected chi connectivity index (χ1v) is 5.21. The summed E-state index contributed by atoms with van der Waals surface area (Å²) >= 11 is 8.90. The van der Waals surface area contributed by atoms with E-state index in [9.17, 15) is 0 Å². The van der Waals surface area contributed by atoms with Crippen molar-refractivity contribution in [1.82, 2.24) is 10.1 Å². The van der Waals surface area contributed by atoms with Gasteiger partial charge in [0.2, 0.25) is 5.82 Å². The Balaban J connectivity index is 2.42. The maximum absolute atomic E-state index is 5.53. The summed E-state index contributed by atoms with van der Waals surface area (Å²) in [5.74, 6) is 1.19. The topological polar surface area (TPSA) is 48.2 Å². The fourth-order valence-corrected chi connectivity index (χ4v) is 1.78.